The summed E-state index contributed by atoms with van der Waals surface area (Å²) in [6, 6.07) is 0. The normalized spacial score (nSPS) is 43.9. The Kier molecular flexibility index (Phi) is 5.43. The molecule has 0 N–H and O–H groups in total. The maximum atomic E-state index is 6.91. The first-order valence-electron chi connectivity index (χ1n) is 12.8. The van der Waals surface area contributed by atoms with E-state index in [0.717, 1.165) is 41.5 Å². The van der Waals surface area contributed by atoms with E-state index in [1.165, 1.54) is 25.7 Å². The molecule has 0 aromatic rings. The van der Waals surface area contributed by atoms with E-state index in [4.69, 9.17) is 9.39 Å². The molecule has 170 valence electrons. The van der Waals surface area contributed by atoms with Crippen LogP contribution in [0.5, 0.6) is 0 Å². The predicted molar refractivity (Wildman–Crippen MR) is 127 cm³/mol. The topological polar surface area (TPSA) is 18.5 Å². The van der Waals surface area contributed by atoms with Crippen molar-refractivity contribution >= 4 is 6.92 Å². The van der Waals surface area contributed by atoms with Gasteiger partial charge in [0.15, 0.2) is 0 Å². The molecular weight excluding hydrogens is 367 g/mol. The predicted octanol–water partition coefficient (Wildman–Crippen LogP) is 7.82. The van der Waals surface area contributed by atoms with Crippen LogP contribution in [0.3, 0.4) is 0 Å². The summed E-state index contributed by atoms with van der Waals surface area (Å²) < 4.78 is 13.2. The van der Waals surface area contributed by atoms with Crippen molar-refractivity contribution in [3.05, 3.63) is 12.0 Å². The SMILES string of the molecule is C/C=C(/OB([C@H]1C[C@H]2C[C@@H]([C@@H]1C)C2(C)C)[C@H]1C[C@H]2C[C@@H]([C@@H]1C)C2(C)C)OC(C)(C)C. The number of ether oxygens (including phenoxy) is 1. The summed E-state index contributed by atoms with van der Waals surface area (Å²) in [4.78, 5) is 0. The molecule has 0 saturated heterocycles. The highest BCUT2D eigenvalue weighted by atomic mass is 16.7. The van der Waals surface area contributed by atoms with Crippen LogP contribution in [0.1, 0.15) is 94.9 Å². The minimum absolute atomic E-state index is 0.225. The largest absolute Gasteiger partial charge is 0.536 e. The van der Waals surface area contributed by atoms with Gasteiger partial charge in [-0.1, -0.05) is 41.5 Å². The highest BCUT2D eigenvalue weighted by Crippen LogP contribution is 2.69. The van der Waals surface area contributed by atoms with Gasteiger partial charge in [0.1, 0.15) is 5.60 Å². The second-order valence-electron chi connectivity index (χ2n) is 13.6. The lowest BCUT2D eigenvalue weighted by atomic mass is 9.27. The molecule has 0 unspecified atom stereocenters. The number of rotatable bonds is 5. The number of hydrogen-bond donors (Lipinski definition) is 0. The molecule has 6 fully saturated rings. The molecule has 6 saturated carbocycles. The fourth-order valence-corrected chi connectivity index (χ4v) is 8.33. The van der Waals surface area contributed by atoms with Gasteiger partial charge in [-0.05, 0) is 117 Å². The highest BCUT2D eigenvalue weighted by Gasteiger charge is 2.63. The van der Waals surface area contributed by atoms with Crippen LogP contribution in [0, 0.1) is 46.3 Å². The van der Waals surface area contributed by atoms with E-state index >= 15 is 0 Å². The molecule has 2 nitrogen and oxygen atoms in total. The van der Waals surface area contributed by atoms with Gasteiger partial charge < -0.3 is 9.39 Å². The lowest BCUT2D eigenvalue weighted by molar-refractivity contribution is -0.112. The minimum Gasteiger partial charge on any atom is -0.536 e. The second kappa shape index (κ2) is 7.21. The first-order valence-corrected chi connectivity index (χ1v) is 12.8. The van der Waals surface area contributed by atoms with Crippen molar-refractivity contribution in [2.75, 3.05) is 0 Å². The van der Waals surface area contributed by atoms with Gasteiger partial charge in [0.25, 0.3) is 5.95 Å². The summed E-state index contributed by atoms with van der Waals surface area (Å²) in [5.41, 5.74) is 0.819. The lowest BCUT2D eigenvalue weighted by Gasteiger charge is -2.65. The van der Waals surface area contributed by atoms with Crippen LogP contribution >= 0.6 is 0 Å². The molecule has 4 bridgehead atoms. The summed E-state index contributed by atoms with van der Waals surface area (Å²) in [7, 11) is 0. The van der Waals surface area contributed by atoms with Crippen LogP contribution in [-0.4, -0.2) is 12.5 Å². The van der Waals surface area contributed by atoms with Crippen molar-refractivity contribution in [2.45, 2.75) is 112 Å². The van der Waals surface area contributed by atoms with Crippen LogP contribution in [-0.2, 0) is 9.39 Å². The Morgan fingerprint density at radius 2 is 1.27 bits per heavy atom. The molecule has 0 aliphatic heterocycles. The Morgan fingerprint density at radius 3 is 1.57 bits per heavy atom. The third kappa shape index (κ3) is 3.45. The standard InChI is InChI=1S/C27H47BO2/c1-11-24(29-25(4,5)6)30-28(22-14-18-12-20(16(22)2)26(18,7)8)23-15-19-13-21(17(23)3)27(19,9)10/h11,16-23H,12-15H2,1-10H3/b24-11+/t16-,17-,18+,19+,20-,21-,22-,23-/m0/s1. The molecule has 30 heavy (non-hydrogen) atoms. The van der Waals surface area contributed by atoms with Crippen LogP contribution in [0.15, 0.2) is 12.0 Å². The average molecular weight is 414 g/mol. The smallest absolute Gasteiger partial charge is 0.368 e. The molecular formula is C27H47BO2. The molecule has 0 radical (unpaired) electrons. The van der Waals surface area contributed by atoms with Gasteiger partial charge >= 0.3 is 6.92 Å². The minimum atomic E-state index is -0.225. The number of fused-ring (bicyclic) bond motifs is 4. The molecule has 6 aliphatic rings. The monoisotopic (exact) mass is 414 g/mol. The van der Waals surface area contributed by atoms with Crippen molar-refractivity contribution in [1.29, 1.82) is 0 Å². The Bertz CT molecular complexity index is 645. The van der Waals surface area contributed by atoms with Gasteiger partial charge in [-0.25, -0.2) is 0 Å². The van der Waals surface area contributed by atoms with Crippen molar-refractivity contribution in [3.63, 3.8) is 0 Å². The van der Waals surface area contributed by atoms with E-state index in [1.54, 1.807) is 0 Å². The maximum absolute atomic E-state index is 6.91. The van der Waals surface area contributed by atoms with Gasteiger partial charge in [-0.2, -0.15) is 0 Å². The molecule has 0 spiro atoms. The summed E-state index contributed by atoms with van der Waals surface area (Å²) in [6.07, 6.45) is 7.60. The van der Waals surface area contributed by atoms with Gasteiger partial charge in [-0.3, -0.25) is 0 Å². The quantitative estimate of drug-likeness (QED) is 0.337. The van der Waals surface area contributed by atoms with E-state index < -0.39 is 0 Å². The molecule has 6 rings (SSSR count). The van der Waals surface area contributed by atoms with E-state index in [9.17, 15) is 0 Å². The first-order chi connectivity index (χ1) is 13.8. The van der Waals surface area contributed by atoms with Crippen molar-refractivity contribution in [1.82, 2.24) is 0 Å². The Morgan fingerprint density at radius 1 is 0.833 bits per heavy atom. The van der Waals surface area contributed by atoms with E-state index in [0.29, 0.717) is 29.4 Å². The van der Waals surface area contributed by atoms with E-state index in [-0.39, 0.29) is 5.60 Å². The van der Waals surface area contributed by atoms with Gasteiger partial charge in [0.2, 0.25) is 0 Å². The van der Waals surface area contributed by atoms with Crippen molar-refractivity contribution in [2.24, 2.45) is 46.3 Å². The number of allylic oxidation sites excluding steroid dienone is 1. The zero-order valence-corrected chi connectivity index (χ0v) is 21.4. The number of hydrogen-bond acceptors (Lipinski definition) is 2. The zero-order valence-electron chi connectivity index (χ0n) is 21.4. The van der Waals surface area contributed by atoms with Crippen LogP contribution in [0.2, 0.25) is 11.6 Å². The van der Waals surface area contributed by atoms with Gasteiger partial charge in [0, 0.05) is 0 Å². The Hall–Kier alpha value is -0.595. The van der Waals surface area contributed by atoms with Crippen molar-refractivity contribution < 1.29 is 9.39 Å². The third-order valence-corrected chi connectivity index (χ3v) is 10.6. The fourth-order valence-electron chi connectivity index (χ4n) is 8.33. The third-order valence-electron chi connectivity index (χ3n) is 10.6. The Labute approximate surface area is 187 Å². The molecule has 3 heteroatoms. The molecule has 0 amide bonds. The lowest BCUT2D eigenvalue weighted by Crippen LogP contribution is -2.60. The van der Waals surface area contributed by atoms with Crippen molar-refractivity contribution in [3.8, 4) is 0 Å². The second-order valence-corrected chi connectivity index (χ2v) is 13.6. The molecule has 0 heterocycles. The summed E-state index contributed by atoms with van der Waals surface area (Å²) in [5, 5.41) is 0. The maximum Gasteiger partial charge on any atom is 0.368 e. The summed E-state index contributed by atoms with van der Waals surface area (Å²) in [6.45, 7) is 23.8. The zero-order chi connectivity index (χ0) is 22.2. The first kappa shape index (κ1) is 22.6. The molecule has 8 atom stereocenters. The average Bonchev–Trinajstić information content (AvgIpc) is 2.64. The summed E-state index contributed by atoms with van der Waals surface area (Å²) in [5.74, 6) is 7.01. The highest BCUT2D eigenvalue weighted by molar-refractivity contribution is 6.56. The molecule has 6 aliphatic carbocycles. The van der Waals surface area contributed by atoms with Gasteiger partial charge in [0.05, 0.1) is 0 Å². The molecule has 0 aromatic carbocycles. The van der Waals surface area contributed by atoms with Crippen LogP contribution in [0.25, 0.3) is 0 Å². The molecule has 0 aromatic heterocycles. The van der Waals surface area contributed by atoms with E-state index in [1.807, 2.05) is 0 Å². The summed E-state index contributed by atoms with van der Waals surface area (Å²) >= 11 is 0. The van der Waals surface area contributed by atoms with Crippen LogP contribution < -0.4 is 0 Å². The van der Waals surface area contributed by atoms with Gasteiger partial charge in [-0.15, -0.1) is 0 Å². The van der Waals surface area contributed by atoms with E-state index in [2.05, 4.69) is 75.3 Å². The Balaban J connectivity index is 1.60. The fraction of sp³-hybridized carbons (Fsp3) is 0.926. The van der Waals surface area contributed by atoms with Crippen LogP contribution in [0.4, 0.5) is 0 Å².